The molecule has 9 nitrogen and oxygen atoms in total. The molecule has 2 atom stereocenters. The van der Waals surface area contributed by atoms with E-state index >= 15 is 0 Å². The van der Waals surface area contributed by atoms with Crippen molar-refractivity contribution < 1.29 is 23.8 Å². The summed E-state index contributed by atoms with van der Waals surface area (Å²) < 4.78 is 23.9. The summed E-state index contributed by atoms with van der Waals surface area (Å²) in [4.78, 5) is 35.6. The van der Waals surface area contributed by atoms with Crippen molar-refractivity contribution in [3.8, 4) is 0 Å². The molecule has 1 unspecified atom stereocenters. The van der Waals surface area contributed by atoms with Crippen molar-refractivity contribution in [3.05, 3.63) is 22.6 Å². The number of halogens is 1. The Bertz CT molecular complexity index is 733. The van der Waals surface area contributed by atoms with Crippen LogP contribution in [0.2, 0.25) is 0 Å². The fourth-order valence-electron chi connectivity index (χ4n) is 2.83. The Labute approximate surface area is 160 Å². The summed E-state index contributed by atoms with van der Waals surface area (Å²) in [7, 11) is 1.43. The number of aliphatic hydroxyl groups excluding tert-OH is 1. The quantitative estimate of drug-likeness (QED) is 0.572. The number of aromatic nitrogens is 1. The molecule has 1 aliphatic rings. The highest BCUT2D eigenvalue weighted by Crippen LogP contribution is 2.28. The second kappa shape index (κ2) is 8.36. The van der Waals surface area contributed by atoms with Gasteiger partial charge < -0.3 is 19.3 Å². The van der Waals surface area contributed by atoms with E-state index in [0.29, 0.717) is 13.0 Å². The molecule has 2 rings (SSSR count). The third-order valence-electron chi connectivity index (χ3n) is 4.05. The SMILES string of the molecule is Cn1cc(SN[C@@H]2CCN(C(=O)OC(C)(C)C)C2CO)c(F)c1C(=O)N=O. The first-order chi connectivity index (χ1) is 12.6. The van der Waals surface area contributed by atoms with E-state index in [4.69, 9.17) is 4.74 Å². The van der Waals surface area contributed by atoms with Crippen molar-refractivity contribution in [1.29, 1.82) is 0 Å². The molecule has 1 aliphatic heterocycles. The molecule has 1 fully saturated rings. The second-order valence-electron chi connectivity index (χ2n) is 7.20. The number of amides is 2. The van der Waals surface area contributed by atoms with Crippen LogP contribution in [0.1, 0.15) is 37.7 Å². The van der Waals surface area contributed by atoms with E-state index in [1.165, 1.54) is 22.7 Å². The van der Waals surface area contributed by atoms with Gasteiger partial charge in [-0.2, -0.15) is 0 Å². The van der Waals surface area contributed by atoms with Gasteiger partial charge in [-0.3, -0.25) is 9.52 Å². The van der Waals surface area contributed by atoms with Crippen molar-refractivity contribution in [2.24, 2.45) is 12.2 Å². The number of hydrogen-bond acceptors (Lipinski definition) is 7. The largest absolute Gasteiger partial charge is 0.444 e. The van der Waals surface area contributed by atoms with Crippen molar-refractivity contribution in [3.63, 3.8) is 0 Å². The van der Waals surface area contributed by atoms with Crippen molar-refractivity contribution in [2.75, 3.05) is 13.2 Å². The summed E-state index contributed by atoms with van der Waals surface area (Å²) in [5.41, 5.74) is -1.07. The van der Waals surface area contributed by atoms with Crippen LogP contribution in [0.5, 0.6) is 0 Å². The monoisotopic (exact) mass is 402 g/mol. The zero-order valence-corrected chi connectivity index (χ0v) is 16.4. The summed E-state index contributed by atoms with van der Waals surface area (Å²) in [5, 5.41) is 11.9. The topological polar surface area (TPSA) is 113 Å². The second-order valence-corrected chi connectivity index (χ2v) is 8.08. The lowest BCUT2D eigenvalue weighted by Crippen LogP contribution is -2.47. The Morgan fingerprint density at radius 2 is 2.15 bits per heavy atom. The molecule has 2 N–H and O–H groups in total. The van der Waals surface area contributed by atoms with E-state index in [1.807, 2.05) is 0 Å². The number of carbonyl (C=O) groups is 2. The maximum Gasteiger partial charge on any atom is 0.410 e. The number of aliphatic hydroxyl groups is 1. The molecular weight excluding hydrogens is 379 g/mol. The fourth-order valence-corrected chi connectivity index (χ4v) is 3.78. The molecule has 0 saturated carbocycles. The van der Waals surface area contributed by atoms with Crippen LogP contribution in [0, 0.1) is 10.7 Å². The molecule has 0 spiro atoms. The molecule has 0 bridgehead atoms. The number of ether oxygens (including phenoxy) is 1. The van der Waals surface area contributed by atoms with Crippen LogP contribution in [0.3, 0.4) is 0 Å². The van der Waals surface area contributed by atoms with Gasteiger partial charge in [0.15, 0.2) is 5.82 Å². The minimum Gasteiger partial charge on any atom is -0.444 e. The molecule has 0 radical (unpaired) electrons. The van der Waals surface area contributed by atoms with E-state index in [-0.39, 0.29) is 17.5 Å². The van der Waals surface area contributed by atoms with Gasteiger partial charge in [0.1, 0.15) is 11.3 Å². The molecule has 150 valence electrons. The predicted octanol–water partition coefficient (Wildman–Crippen LogP) is 2.04. The van der Waals surface area contributed by atoms with Crippen molar-refractivity contribution >= 4 is 23.9 Å². The first-order valence-corrected chi connectivity index (χ1v) is 9.16. The normalized spacial score (nSPS) is 20.0. The fraction of sp³-hybridized carbons (Fsp3) is 0.625. The number of nitrogens with zero attached hydrogens (tertiary/aromatic N) is 3. The average Bonchev–Trinajstić information content (AvgIpc) is 3.11. The lowest BCUT2D eigenvalue weighted by Gasteiger charge is -2.29. The molecule has 2 heterocycles. The van der Waals surface area contributed by atoms with Gasteiger partial charge in [0.2, 0.25) is 0 Å². The van der Waals surface area contributed by atoms with E-state index in [2.05, 4.69) is 9.90 Å². The minimum atomic E-state index is -1.19. The number of nitrogens with one attached hydrogen (secondary N) is 1. The number of nitroso groups, excluding NO2 is 1. The third kappa shape index (κ3) is 4.85. The molecule has 1 aromatic rings. The number of carbonyl (C=O) groups excluding carboxylic acids is 2. The first-order valence-electron chi connectivity index (χ1n) is 8.34. The number of hydrogen-bond donors (Lipinski definition) is 2. The van der Waals surface area contributed by atoms with Gasteiger partial charge in [-0.25, -0.2) is 9.18 Å². The highest BCUT2D eigenvalue weighted by Gasteiger charge is 2.39. The number of likely N-dealkylation sites (tertiary alicyclic amines) is 1. The van der Waals surface area contributed by atoms with Crippen LogP contribution in [0.15, 0.2) is 16.3 Å². The summed E-state index contributed by atoms with van der Waals surface area (Å²) in [6, 6.07) is -0.840. The van der Waals surface area contributed by atoms with Crippen LogP contribution >= 0.6 is 11.9 Å². The van der Waals surface area contributed by atoms with Gasteiger partial charge in [-0.15, -0.1) is 4.91 Å². The minimum absolute atomic E-state index is 0.108. The van der Waals surface area contributed by atoms with Crippen molar-refractivity contribution in [2.45, 2.75) is 49.8 Å². The van der Waals surface area contributed by atoms with E-state index < -0.39 is 35.2 Å². The Kier molecular flexibility index (Phi) is 6.60. The Morgan fingerprint density at radius 3 is 2.70 bits per heavy atom. The van der Waals surface area contributed by atoms with Crippen molar-refractivity contribution in [1.82, 2.24) is 14.2 Å². The predicted molar refractivity (Wildman–Crippen MR) is 96.7 cm³/mol. The van der Waals surface area contributed by atoms with Crippen LogP contribution < -0.4 is 4.72 Å². The van der Waals surface area contributed by atoms with Gasteiger partial charge in [0.25, 0.3) is 0 Å². The highest BCUT2D eigenvalue weighted by molar-refractivity contribution is 7.97. The highest BCUT2D eigenvalue weighted by atomic mass is 32.2. The smallest absolute Gasteiger partial charge is 0.410 e. The van der Waals surface area contributed by atoms with E-state index in [9.17, 15) is 24.0 Å². The summed E-state index contributed by atoms with van der Waals surface area (Å²) in [5.74, 6) is -2.03. The van der Waals surface area contributed by atoms with Crippen LogP contribution in [0.25, 0.3) is 0 Å². The molecule has 2 amide bonds. The zero-order chi connectivity index (χ0) is 20.4. The standard InChI is InChI=1S/C16H23FN4O5S/c1-16(2,3)26-15(24)21-6-5-9(10(21)8-22)19-27-11-7-20(4)13(12(11)17)14(23)18-25/h7,9-10,19,22H,5-6,8H2,1-4H3/t9-,10?/m1/s1. The lowest BCUT2D eigenvalue weighted by molar-refractivity contribution is 0.0164. The third-order valence-corrected chi connectivity index (χ3v) is 4.98. The van der Waals surface area contributed by atoms with Gasteiger partial charge >= 0.3 is 12.0 Å². The molecule has 1 saturated heterocycles. The molecule has 11 heteroatoms. The number of aryl methyl sites for hydroxylation is 1. The zero-order valence-electron chi connectivity index (χ0n) is 15.6. The Hall–Kier alpha value is -1.98. The first kappa shape index (κ1) is 21.3. The van der Waals surface area contributed by atoms with Crippen LogP contribution in [-0.2, 0) is 11.8 Å². The molecule has 0 aliphatic carbocycles. The average molecular weight is 402 g/mol. The Morgan fingerprint density at radius 1 is 1.48 bits per heavy atom. The van der Waals surface area contributed by atoms with Gasteiger partial charge in [0.05, 0.1) is 17.5 Å². The van der Waals surface area contributed by atoms with Gasteiger partial charge in [-0.05, 0) is 39.1 Å². The van der Waals surface area contributed by atoms with Gasteiger partial charge in [-0.1, -0.05) is 0 Å². The molecule has 1 aromatic heterocycles. The molecule has 0 aromatic carbocycles. The lowest BCUT2D eigenvalue weighted by atomic mass is 10.1. The van der Waals surface area contributed by atoms with E-state index in [0.717, 1.165) is 11.9 Å². The van der Waals surface area contributed by atoms with Gasteiger partial charge in [0, 0.05) is 31.0 Å². The number of rotatable bonds is 5. The molecule has 27 heavy (non-hydrogen) atoms. The summed E-state index contributed by atoms with van der Waals surface area (Å²) >= 11 is 0.922. The molecular formula is C16H23FN4O5S. The maximum atomic E-state index is 14.3. The Balaban J connectivity index is 2.05. The van der Waals surface area contributed by atoms with E-state index in [1.54, 1.807) is 20.8 Å². The summed E-state index contributed by atoms with van der Waals surface area (Å²) in [6.07, 6.45) is 1.37. The van der Waals surface area contributed by atoms with Crippen LogP contribution in [-0.4, -0.2) is 57.4 Å². The van der Waals surface area contributed by atoms with Crippen LogP contribution in [0.4, 0.5) is 9.18 Å². The summed E-state index contributed by atoms with van der Waals surface area (Å²) in [6.45, 7) is 5.37. The maximum absolute atomic E-state index is 14.3.